The minimum Gasteiger partial charge on any atom is -0.405 e. The maximum Gasteiger partial charge on any atom is 0.326 e. The number of benzene rings is 4. The Balaban J connectivity index is 0.000000213. The number of carbonyl (C=O) groups excluding carboxylic acids is 2. The normalized spacial score (nSPS) is 17.7. The molecule has 0 saturated heterocycles. The van der Waals surface area contributed by atoms with Crippen molar-refractivity contribution in [3.05, 3.63) is 206 Å². The zero-order valence-electron chi connectivity index (χ0n) is 42.0. The molecule has 13 heteroatoms. The smallest absolute Gasteiger partial charge is 0.326 e. The Morgan fingerprint density at radius 1 is 0.600 bits per heavy atom. The lowest BCUT2D eigenvalue weighted by Crippen LogP contribution is -2.68. The number of amides is 2. The molecular formula is C57H71ClN6O4Si2. The third-order valence-corrected chi connectivity index (χ3v) is 22.7. The fourth-order valence-electron chi connectivity index (χ4n) is 9.83. The minimum atomic E-state index is -2.71. The van der Waals surface area contributed by atoms with Crippen molar-refractivity contribution in [1.82, 2.24) is 30.4 Å². The zero-order valence-corrected chi connectivity index (χ0v) is 44.8. The molecule has 0 radical (unpaired) electrons. The average Bonchev–Trinajstić information content (AvgIpc) is 4.04. The number of hydrogen-bond donors (Lipinski definition) is 4. The summed E-state index contributed by atoms with van der Waals surface area (Å²) in [5.74, 6) is 0. The highest BCUT2D eigenvalue weighted by Gasteiger charge is 2.52. The Morgan fingerprint density at radius 3 is 1.24 bits per heavy atom. The largest absolute Gasteiger partial charge is 0.405 e. The van der Waals surface area contributed by atoms with E-state index in [1.807, 2.05) is 61.5 Å². The van der Waals surface area contributed by atoms with Crippen LogP contribution >= 0.6 is 11.6 Å². The van der Waals surface area contributed by atoms with Gasteiger partial charge in [0.15, 0.2) is 0 Å². The third-order valence-electron chi connectivity index (χ3n) is 12.7. The quantitative estimate of drug-likeness (QED) is 0.0603. The monoisotopic (exact) mass is 994 g/mol. The van der Waals surface area contributed by atoms with Crippen molar-refractivity contribution < 1.29 is 18.4 Å². The lowest BCUT2D eigenvalue weighted by molar-refractivity contribution is 0.191. The number of halogens is 1. The summed E-state index contributed by atoms with van der Waals surface area (Å²) in [6, 6.07) is 49.1. The Bertz CT molecular complexity index is 2600. The van der Waals surface area contributed by atoms with Gasteiger partial charge in [-0.05, 0) is 68.9 Å². The van der Waals surface area contributed by atoms with Crippen LogP contribution in [0.15, 0.2) is 195 Å². The second kappa shape index (κ2) is 23.3. The molecule has 2 aliphatic heterocycles. The second-order valence-corrected chi connectivity index (χ2v) is 29.2. The fraction of sp³-hybridized carbons (Fsp3) is 0.298. The van der Waals surface area contributed by atoms with Crippen molar-refractivity contribution in [3.63, 3.8) is 0 Å². The van der Waals surface area contributed by atoms with Crippen LogP contribution < -0.4 is 42.0 Å². The molecule has 70 heavy (non-hydrogen) atoms. The van der Waals surface area contributed by atoms with Gasteiger partial charge >= 0.3 is 12.1 Å². The van der Waals surface area contributed by atoms with Gasteiger partial charge in [-0.3, -0.25) is 9.13 Å². The van der Waals surface area contributed by atoms with Gasteiger partial charge in [0.2, 0.25) is 0 Å². The molecule has 0 bridgehead atoms. The highest BCUT2D eigenvalue weighted by Crippen LogP contribution is 2.39. The van der Waals surface area contributed by atoms with Crippen molar-refractivity contribution in [2.24, 2.45) is 0 Å². The summed E-state index contributed by atoms with van der Waals surface area (Å²) in [6.45, 7) is 29.9. The molecule has 0 spiro atoms. The Hall–Kier alpha value is -6.00. The molecule has 0 fully saturated rings. The highest BCUT2D eigenvalue weighted by atomic mass is 35.5. The third kappa shape index (κ3) is 11.8. The fourth-order valence-corrected chi connectivity index (χ4v) is 19.0. The van der Waals surface area contributed by atoms with Gasteiger partial charge in [0.05, 0.1) is 43.1 Å². The first-order chi connectivity index (χ1) is 33.4. The molecule has 2 aliphatic rings. The van der Waals surface area contributed by atoms with E-state index in [2.05, 4.69) is 180 Å². The highest BCUT2D eigenvalue weighted by molar-refractivity contribution is 7.00. The van der Waals surface area contributed by atoms with Crippen LogP contribution in [0.1, 0.15) is 78.9 Å². The number of hydrogen-bond acceptors (Lipinski definition) is 6. The maximum atomic E-state index is 12.8. The molecule has 4 heterocycles. The molecular weight excluding hydrogens is 924 g/mol. The van der Waals surface area contributed by atoms with Crippen molar-refractivity contribution >= 4 is 61.0 Å². The van der Waals surface area contributed by atoms with Gasteiger partial charge in [-0.15, -0.1) is 6.58 Å². The van der Waals surface area contributed by atoms with Crippen LogP contribution in [0.4, 0.5) is 9.59 Å². The van der Waals surface area contributed by atoms with Gasteiger partial charge < -0.3 is 30.1 Å². The van der Waals surface area contributed by atoms with Gasteiger partial charge in [-0.1, -0.05) is 194 Å². The van der Waals surface area contributed by atoms with E-state index in [0.29, 0.717) is 24.8 Å². The molecule has 10 nitrogen and oxygen atoms in total. The van der Waals surface area contributed by atoms with E-state index >= 15 is 0 Å². The molecule has 8 rings (SSSR count). The number of nitrogens with one attached hydrogen (secondary N) is 4. The van der Waals surface area contributed by atoms with E-state index in [0.717, 1.165) is 17.1 Å². The van der Waals surface area contributed by atoms with Crippen LogP contribution in [0.25, 0.3) is 0 Å². The van der Waals surface area contributed by atoms with Crippen LogP contribution in [0, 0.1) is 0 Å². The average molecular weight is 996 g/mol. The van der Waals surface area contributed by atoms with Gasteiger partial charge in [0.1, 0.15) is 0 Å². The van der Waals surface area contributed by atoms with Gasteiger partial charge in [0.25, 0.3) is 16.6 Å². The SMILES string of the molecule is C=C(C)Cl.C=C(C)N[C@@H]1c2cccn2C(=O)N[C@H]1CO[Si](c1ccccc1)(c1ccccc1)C(C)(C)C.C=CCN[C@@H]1c2cccn2C(=O)N[C@H]1CO[Si](c1ccccc1)(c1ccccc1)C(C)(C)C. The minimum absolute atomic E-state index is 0.0751. The Labute approximate surface area is 423 Å². The van der Waals surface area contributed by atoms with E-state index in [-0.39, 0.29) is 46.3 Å². The topological polar surface area (TPSA) is 111 Å². The summed E-state index contributed by atoms with van der Waals surface area (Å²) in [7, 11) is -5.41. The Morgan fingerprint density at radius 2 is 0.929 bits per heavy atom. The summed E-state index contributed by atoms with van der Waals surface area (Å²) in [5.41, 5.74) is 2.70. The summed E-state index contributed by atoms with van der Waals surface area (Å²) >= 11 is 5.08. The van der Waals surface area contributed by atoms with E-state index in [9.17, 15) is 9.59 Å². The number of rotatable bonds is 15. The molecule has 4 atom stereocenters. The van der Waals surface area contributed by atoms with E-state index < -0.39 is 16.6 Å². The van der Waals surface area contributed by atoms with Crippen LogP contribution in [-0.4, -0.2) is 69.7 Å². The van der Waals surface area contributed by atoms with Crippen molar-refractivity contribution in [2.45, 2.75) is 89.6 Å². The summed E-state index contributed by atoms with van der Waals surface area (Å²) in [5, 5.41) is 18.6. The summed E-state index contributed by atoms with van der Waals surface area (Å²) < 4.78 is 17.5. The number of allylic oxidation sites excluding steroid dienone is 2. The molecule has 2 amide bonds. The lowest BCUT2D eigenvalue weighted by Gasteiger charge is -2.45. The molecule has 6 aromatic rings. The molecule has 0 unspecified atom stereocenters. The number of fused-ring (bicyclic) bond motifs is 2. The van der Waals surface area contributed by atoms with Crippen LogP contribution in [0.3, 0.4) is 0 Å². The molecule has 4 N–H and O–H groups in total. The second-order valence-electron chi connectivity index (χ2n) is 19.9. The van der Waals surface area contributed by atoms with Crippen LogP contribution in [-0.2, 0) is 8.85 Å². The predicted octanol–water partition coefficient (Wildman–Crippen LogP) is 9.75. The number of carbonyl (C=O) groups is 2. The first-order valence-electron chi connectivity index (χ1n) is 23.9. The first-order valence-corrected chi connectivity index (χ1v) is 28.1. The maximum absolute atomic E-state index is 12.8. The molecule has 4 aromatic carbocycles. The Kier molecular flexibility index (Phi) is 17.7. The van der Waals surface area contributed by atoms with E-state index in [1.165, 1.54) is 20.7 Å². The number of nitrogens with zero attached hydrogens (tertiary/aromatic N) is 2. The molecule has 2 aromatic heterocycles. The van der Waals surface area contributed by atoms with Gasteiger partial charge in [-0.2, -0.15) is 0 Å². The standard InChI is InChI=1S/2C27H33N3O2Si.C3H5Cl/c1-20(2)28-25-23(29-26(31)30-18-12-17-24(25)30)19-32-33(27(3,4)5,21-13-8-6-9-14-21)22-15-10-7-11-16-22;1-5-18-28-25-23(29-26(31)30-19-12-17-24(25)30)20-32-33(27(2,3)4,21-13-8-6-9-14-21)22-15-10-7-11-16-22;1-3(2)4/h6-18,23,25,28H,1,19H2,2-5H3,(H,29,31);5-17,19,23,25,28H,1,18,20H2,2-4H3,(H,29,31);1H2,2H3/t2*23-,25-;/m00./s1. The van der Waals surface area contributed by atoms with Gasteiger partial charge in [0, 0.05) is 35.4 Å². The lowest BCUT2D eigenvalue weighted by atomic mass is 10.0. The van der Waals surface area contributed by atoms with E-state index in [4.69, 9.17) is 20.5 Å². The molecule has 0 aliphatic carbocycles. The molecule has 368 valence electrons. The zero-order chi connectivity index (χ0) is 50.7. The summed E-state index contributed by atoms with van der Waals surface area (Å²) in [6.07, 6.45) is 5.42. The first kappa shape index (κ1) is 53.4. The summed E-state index contributed by atoms with van der Waals surface area (Å²) in [4.78, 5) is 25.6. The predicted molar refractivity (Wildman–Crippen MR) is 294 cm³/mol. The molecule has 0 saturated carbocycles. The van der Waals surface area contributed by atoms with Crippen LogP contribution in [0.5, 0.6) is 0 Å². The van der Waals surface area contributed by atoms with Crippen molar-refractivity contribution in [1.29, 1.82) is 0 Å². The van der Waals surface area contributed by atoms with Crippen molar-refractivity contribution in [3.8, 4) is 0 Å². The van der Waals surface area contributed by atoms with Gasteiger partial charge in [-0.25, -0.2) is 9.59 Å². The van der Waals surface area contributed by atoms with E-state index in [1.54, 1.807) is 28.5 Å². The number of aromatic nitrogens is 2. The van der Waals surface area contributed by atoms with Crippen molar-refractivity contribution in [2.75, 3.05) is 19.8 Å². The van der Waals surface area contributed by atoms with Crippen LogP contribution in [0.2, 0.25) is 10.1 Å².